The number of methoxy groups -OCH3 is 1. The number of carbonyl (C=O) groups is 1. The summed E-state index contributed by atoms with van der Waals surface area (Å²) in [6.07, 6.45) is 4.29. The van der Waals surface area contributed by atoms with Crippen molar-refractivity contribution in [2.45, 2.75) is 31.7 Å². The van der Waals surface area contributed by atoms with E-state index in [1.807, 2.05) is 6.07 Å². The highest BCUT2D eigenvalue weighted by molar-refractivity contribution is 6.04. The Morgan fingerprint density at radius 3 is 2.96 bits per heavy atom. The second-order valence-electron chi connectivity index (χ2n) is 7.27. The highest BCUT2D eigenvalue weighted by Crippen LogP contribution is 2.28. The number of benzene rings is 1. The molecule has 0 radical (unpaired) electrons. The van der Waals surface area contributed by atoms with Gasteiger partial charge in [0.05, 0.1) is 5.52 Å². The first kappa shape index (κ1) is 16.5. The Kier molecular flexibility index (Phi) is 4.72. The molecule has 2 bridgehead atoms. The van der Waals surface area contributed by atoms with Gasteiger partial charge in [0.15, 0.2) is 5.69 Å². The molecule has 3 saturated heterocycles. The molecular weight excluding hydrogens is 316 g/mol. The number of nitrogens with zero attached hydrogens (tertiary/aromatic N) is 2. The molecular formula is C19H26N4O2. The van der Waals surface area contributed by atoms with Crippen molar-refractivity contribution < 1.29 is 9.53 Å². The van der Waals surface area contributed by atoms with E-state index in [1.54, 1.807) is 7.11 Å². The van der Waals surface area contributed by atoms with E-state index in [4.69, 9.17) is 4.74 Å². The highest BCUT2D eigenvalue weighted by Gasteiger charge is 2.35. The average Bonchev–Trinajstić information content (AvgIpc) is 3.06. The number of fused-ring (bicyclic) bond motifs is 4. The second kappa shape index (κ2) is 7.14. The van der Waals surface area contributed by atoms with Crippen LogP contribution in [0.4, 0.5) is 0 Å². The van der Waals surface area contributed by atoms with Crippen molar-refractivity contribution in [2.24, 2.45) is 5.92 Å². The summed E-state index contributed by atoms with van der Waals surface area (Å²) in [6.45, 7) is 4.07. The Balaban J connectivity index is 1.49. The number of amides is 1. The van der Waals surface area contributed by atoms with Crippen LogP contribution in [0.5, 0.6) is 0 Å². The second-order valence-corrected chi connectivity index (χ2v) is 7.27. The van der Waals surface area contributed by atoms with Crippen LogP contribution in [0.15, 0.2) is 18.2 Å². The van der Waals surface area contributed by atoms with Gasteiger partial charge in [-0.15, -0.1) is 0 Å². The summed E-state index contributed by atoms with van der Waals surface area (Å²) in [7, 11) is 1.72. The molecule has 2 aromatic rings. The number of aromatic amines is 1. The van der Waals surface area contributed by atoms with E-state index in [0.29, 0.717) is 11.6 Å². The summed E-state index contributed by atoms with van der Waals surface area (Å²) in [5.74, 6) is 0.558. The van der Waals surface area contributed by atoms with Gasteiger partial charge < -0.3 is 15.0 Å². The Labute approximate surface area is 147 Å². The Morgan fingerprint density at radius 1 is 1.40 bits per heavy atom. The van der Waals surface area contributed by atoms with E-state index < -0.39 is 0 Å². The van der Waals surface area contributed by atoms with E-state index >= 15 is 0 Å². The van der Waals surface area contributed by atoms with Crippen LogP contribution in [0.3, 0.4) is 0 Å². The third kappa shape index (κ3) is 3.41. The third-order valence-electron chi connectivity index (χ3n) is 5.63. The third-order valence-corrected chi connectivity index (χ3v) is 5.63. The maximum absolute atomic E-state index is 12.8. The Morgan fingerprint density at radius 2 is 2.24 bits per heavy atom. The van der Waals surface area contributed by atoms with Gasteiger partial charge in [-0.2, -0.15) is 5.10 Å². The smallest absolute Gasteiger partial charge is 0.272 e. The largest absolute Gasteiger partial charge is 0.385 e. The fourth-order valence-electron chi connectivity index (χ4n) is 4.18. The molecule has 0 aliphatic carbocycles. The zero-order chi connectivity index (χ0) is 17.2. The maximum Gasteiger partial charge on any atom is 0.272 e. The Hall–Kier alpha value is -1.92. The average molecular weight is 342 g/mol. The van der Waals surface area contributed by atoms with Crippen molar-refractivity contribution in [3.63, 3.8) is 0 Å². The van der Waals surface area contributed by atoms with E-state index in [1.165, 1.54) is 31.5 Å². The number of carbonyl (C=O) groups excluding carboxylic acids is 1. The van der Waals surface area contributed by atoms with Crippen LogP contribution < -0.4 is 5.32 Å². The predicted molar refractivity (Wildman–Crippen MR) is 96.7 cm³/mol. The van der Waals surface area contributed by atoms with Crippen molar-refractivity contribution >= 4 is 16.8 Å². The van der Waals surface area contributed by atoms with E-state index in [9.17, 15) is 4.79 Å². The fraction of sp³-hybridized carbons (Fsp3) is 0.579. The molecule has 6 nitrogen and oxygen atoms in total. The molecule has 0 spiro atoms. The lowest BCUT2D eigenvalue weighted by atomic mass is 9.84. The number of aromatic nitrogens is 2. The monoisotopic (exact) mass is 342 g/mol. The molecule has 1 aromatic heterocycles. The van der Waals surface area contributed by atoms with Gasteiger partial charge in [0.2, 0.25) is 0 Å². The van der Waals surface area contributed by atoms with Crippen LogP contribution >= 0.6 is 0 Å². The van der Waals surface area contributed by atoms with Crippen molar-refractivity contribution in [3.05, 3.63) is 29.5 Å². The molecule has 0 saturated carbocycles. The van der Waals surface area contributed by atoms with Gasteiger partial charge in [0, 0.05) is 31.7 Å². The number of piperidine rings is 3. The van der Waals surface area contributed by atoms with Gasteiger partial charge in [-0.1, -0.05) is 6.07 Å². The van der Waals surface area contributed by atoms with E-state index in [-0.39, 0.29) is 11.9 Å². The lowest BCUT2D eigenvalue weighted by molar-refractivity contribution is 0.0618. The van der Waals surface area contributed by atoms with Crippen molar-refractivity contribution in [1.82, 2.24) is 20.4 Å². The van der Waals surface area contributed by atoms with Crippen LogP contribution in [-0.4, -0.2) is 60.4 Å². The zero-order valence-electron chi connectivity index (χ0n) is 14.8. The number of ether oxygens (including phenoxy) is 1. The summed E-state index contributed by atoms with van der Waals surface area (Å²) in [6, 6.07) is 6.44. The molecule has 1 amide bonds. The zero-order valence-corrected chi connectivity index (χ0v) is 14.8. The summed E-state index contributed by atoms with van der Waals surface area (Å²) < 4.78 is 5.12. The summed E-state index contributed by atoms with van der Waals surface area (Å²) in [5, 5.41) is 11.4. The molecule has 0 unspecified atom stereocenters. The first-order valence-electron chi connectivity index (χ1n) is 9.24. The van der Waals surface area contributed by atoms with Gasteiger partial charge in [0.25, 0.3) is 5.91 Å². The number of rotatable bonds is 6. The maximum atomic E-state index is 12.8. The fourth-order valence-corrected chi connectivity index (χ4v) is 4.18. The van der Waals surface area contributed by atoms with Crippen molar-refractivity contribution in [1.29, 1.82) is 0 Å². The first-order chi connectivity index (χ1) is 12.2. The molecule has 4 heterocycles. The first-order valence-corrected chi connectivity index (χ1v) is 9.24. The number of hydrogen-bond donors (Lipinski definition) is 2. The van der Waals surface area contributed by atoms with Gasteiger partial charge in [0.1, 0.15) is 0 Å². The molecule has 6 heteroatoms. The predicted octanol–water partition coefficient (Wildman–Crippen LogP) is 1.97. The lowest BCUT2D eigenvalue weighted by Crippen LogP contribution is -2.57. The van der Waals surface area contributed by atoms with E-state index in [2.05, 4.69) is 32.5 Å². The molecule has 5 rings (SSSR count). The van der Waals surface area contributed by atoms with Gasteiger partial charge >= 0.3 is 0 Å². The molecule has 1 aromatic carbocycles. The topological polar surface area (TPSA) is 70.2 Å². The summed E-state index contributed by atoms with van der Waals surface area (Å²) in [4.78, 5) is 15.2. The summed E-state index contributed by atoms with van der Waals surface area (Å²) >= 11 is 0. The quantitative estimate of drug-likeness (QED) is 0.788. The van der Waals surface area contributed by atoms with Crippen LogP contribution in [0, 0.1) is 5.92 Å². The van der Waals surface area contributed by atoms with Crippen molar-refractivity contribution in [3.8, 4) is 0 Å². The number of hydrogen-bond acceptors (Lipinski definition) is 4. The Bertz CT molecular complexity index is 749. The summed E-state index contributed by atoms with van der Waals surface area (Å²) in [5.41, 5.74) is 2.64. The van der Waals surface area contributed by atoms with Crippen molar-refractivity contribution in [2.75, 3.05) is 33.4 Å². The SMILES string of the molecule is COCCCc1ccc2[nH]nc(C(=O)N[C@H]3CN4CCC3CC4)c2c1. The minimum absolute atomic E-state index is 0.0564. The van der Waals surface area contributed by atoms with Gasteiger partial charge in [-0.3, -0.25) is 9.89 Å². The lowest BCUT2D eigenvalue weighted by Gasteiger charge is -2.44. The molecule has 2 N–H and O–H groups in total. The van der Waals surface area contributed by atoms with Gasteiger partial charge in [-0.25, -0.2) is 0 Å². The van der Waals surface area contributed by atoms with Crippen LogP contribution in [0.1, 0.15) is 35.3 Å². The number of nitrogens with one attached hydrogen (secondary N) is 2. The molecule has 25 heavy (non-hydrogen) atoms. The molecule has 134 valence electrons. The standard InChI is InChI=1S/C19H26N4O2/c1-25-10-2-3-13-4-5-16-15(11-13)18(22-21-16)19(24)20-17-12-23-8-6-14(17)7-9-23/h4-5,11,14,17H,2-3,6-10,12H2,1H3,(H,20,24)(H,21,22)/t17-/m0/s1. The minimum atomic E-state index is -0.0564. The minimum Gasteiger partial charge on any atom is -0.385 e. The van der Waals surface area contributed by atoms with Crippen LogP contribution in [0.25, 0.3) is 10.9 Å². The van der Waals surface area contributed by atoms with E-state index in [0.717, 1.165) is 36.9 Å². The number of aryl methyl sites for hydroxylation is 1. The number of H-pyrrole nitrogens is 1. The van der Waals surface area contributed by atoms with Crippen LogP contribution in [-0.2, 0) is 11.2 Å². The van der Waals surface area contributed by atoms with Crippen LogP contribution in [0.2, 0.25) is 0 Å². The molecule has 3 fully saturated rings. The van der Waals surface area contributed by atoms with Gasteiger partial charge in [-0.05, 0) is 62.4 Å². The molecule has 3 aliphatic rings. The highest BCUT2D eigenvalue weighted by atomic mass is 16.5. The molecule has 3 aliphatic heterocycles. The molecule has 1 atom stereocenters. The normalized spacial score (nSPS) is 25.4.